The second-order valence-corrected chi connectivity index (χ2v) is 8.36. The number of ether oxygens (including phenoxy) is 1. The predicted molar refractivity (Wildman–Crippen MR) is 126 cm³/mol. The zero-order chi connectivity index (χ0) is 21.6. The van der Waals surface area contributed by atoms with Crippen LogP contribution < -0.4 is 4.74 Å². The molecular formula is C27H31NO3. The van der Waals surface area contributed by atoms with E-state index in [0.717, 1.165) is 46.2 Å². The van der Waals surface area contributed by atoms with Gasteiger partial charge in [-0.1, -0.05) is 55.0 Å². The predicted octanol–water partition coefficient (Wildman–Crippen LogP) is 5.56. The van der Waals surface area contributed by atoms with Crippen LogP contribution in [0.15, 0.2) is 54.6 Å². The molecule has 162 valence electrons. The Morgan fingerprint density at radius 3 is 2.39 bits per heavy atom. The summed E-state index contributed by atoms with van der Waals surface area (Å²) in [6, 6.07) is 18.9. The van der Waals surface area contributed by atoms with Crippen molar-refractivity contribution < 1.29 is 14.6 Å². The smallest absolute Gasteiger partial charge is 0.303 e. The van der Waals surface area contributed by atoms with E-state index in [4.69, 9.17) is 9.84 Å². The van der Waals surface area contributed by atoms with Gasteiger partial charge in [0.1, 0.15) is 5.75 Å². The number of likely N-dealkylation sites (tertiary alicyclic amines) is 1. The first-order valence-electron chi connectivity index (χ1n) is 11.3. The number of nitrogens with zero attached hydrogens (tertiary/aromatic N) is 1. The summed E-state index contributed by atoms with van der Waals surface area (Å²) in [6.07, 6.45) is 5.60. The van der Waals surface area contributed by atoms with E-state index >= 15 is 0 Å². The van der Waals surface area contributed by atoms with E-state index in [-0.39, 0.29) is 6.42 Å². The fourth-order valence-electron chi connectivity index (χ4n) is 4.77. The Kier molecular flexibility index (Phi) is 6.88. The third kappa shape index (κ3) is 4.91. The van der Waals surface area contributed by atoms with Crippen LogP contribution >= 0.6 is 0 Å². The molecule has 4 rings (SSSR count). The highest BCUT2D eigenvalue weighted by Crippen LogP contribution is 2.39. The highest BCUT2D eigenvalue weighted by atomic mass is 16.5. The molecule has 4 nitrogen and oxygen atoms in total. The molecule has 0 saturated carbocycles. The summed E-state index contributed by atoms with van der Waals surface area (Å²) < 4.78 is 5.80. The van der Waals surface area contributed by atoms with Gasteiger partial charge >= 0.3 is 5.97 Å². The first kappa shape index (κ1) is 21.4. The largest absolute Gasteiger partial charge is 0.496 e. The van der Waals surface area contributed by atoms with Gasteiger partial charge < -0.3 is 14.7 Å². The Hall–Kier alpha value is -2.85. The van der Waals surface area contributed by atoms with Crippen LogP contribution in [0.2, 0.25) is 0 Å². The van der Waals surface area contributed by atoms with Crippen LogP contribution in [0, 0.1) is 0 Å². The van der Waals surface area contributed by atoms with E-state index < -0.39 is 5.97 Å². The van der Waals surface area contributed by atoms with Crippen molar-refractivity contribution in [2.75, 3.05) is 26.7 Å². The molecule has 4 heteroatoms. The average Bonchev–Trinajstić information content (AvgIpc) is 2.81. The number of aliphatic carboxylic acids is 1. The Balaban J connectivity index is 1.74. The fraction of sp³-hybridized carbons (Fsp3) is 0.370. The van der Waals surface area contributed by atoms with Crippen LogP contribution in [0.4, 0.5) is 0 Å². The number of piperidine rings is 1. The molecule has 3 aromatic carbocycles. The van der Waals surface area contributed by atoms with Crippen LogP contribution in [0.25, 0.3) is 21.9 Å². The van der Waals surface area contributed by atoms with Crippen molar-refractivity contribution in [3.05, 3.63) is 65.7 Å². The second kappa shape index (κ2) is 9.97. The van der Waals surface area contributed by atoms with Crippen molar-refractivity contribution >= 4 is 16.7 Å². The lowest BCUT2D eigenvalue weighted by atomic mass is 9.90. The number of aryl methyl sites for hydroxylation is 1. The lowest BCUT2D eigenvalue weighted by Gasteiger charge is -2.27. The van der Waals surface area contributed by atoms with Crippen LogP contribution in [0.3, 0.4) is 0 Å². The monoisotopic (exact) mass is 417 g/mol. The molecule has 0 radical (unpaired) electrons. The lowest BCUT2D eigenvalue weighted by molar-refractivity contribution is -0.136. The molecule has 0 amide bonds. The van der Waals surface area contributed by atoms with Gasteiger partial charge in [0.05, 0.1) is 7.11 Å². The van der Waals surface area contributed by atoms with Crippen LogP contribution in [-0.4, -0.2) is 42.7 Å². The van der Waals surface area contributed by atoms with Crippen molar-refractivity contribution in [3.63, 3.8) is 0 Å². The van der Waals surface area contributed by atoms with Gasteiger partial charge in [0, 0.05) is 18.5 Å². The van der Waals surface area contributed by atoms with Crippen molar-refractivity contribution in [1.29, 1.82) is 0 Å². The quantitative estimate of drug-likeness (QED) is 0.521. The minimum Gasteiger partial charge on any atom is -0.496 e. The number of rotatable bonds is 8. The summed E-state index contributed by atoms with van der Waals surface area (Å²) in [5.41, 5.74) is 4.68. The molecule has 0 aliphatic carbocycles. The lowest BCUT2D eigenvalue weighted by Crippen LogP contribution is -2.31. The summed E-state index contributed by atoms with van der Waals surface area (Å²) >= 11 is 0. The van der Waals surface area contributed by atoms with E-state index in [9.17, 15) is 4.79 Å². The Bertz CT molecular complexity index is 1050. The van der Waals surface area contributed by atoms with Gasteiger partial charge in [-0.3, -0.25) is 4.79 Å². The van der Waals surface area contributed by atoms with Crippen molar-refractivity contribution in [3.8, 4) is 16.9 Å². The first-order valence-corrected chi connectivity index (χ1v) is 11.3. The van der Waals surface area contributed by atoms with Gasteiger partial charge in [0.2, 0.25) is 0 Å². The molecule has 1 saturated heterocycles. The summed E-state index contributed by atoms with van der Waals surface area (Å²) in [4.78, 5) is 13.7. The van der Waals surface area contributed by atoms with Crippen LogP contribution in [0.1, 0.15) is 36.8 Å². The van der Waals surface area contributed by atoms with Crippen molar-refractivity contribution in [1.82, 2.24) is 4.90 Å². The standard InChI is InChI=1S/C27H31NO3/c1-31-25-13-6-9-21(16-19-28-17-3-2-4-18-28)27(25)24-12-7-10-22-20(14-15-26(29)30)8-5-11-23(22)24/h5-13H,2-4,14-19H2,1H3,(H,29,30). The third-order valence-electron chi connectivity index (χ3n) is 6.37. The first-order chi connectivity index (χ1) is 15.2. The highest BCUT2D eigenvalue weighted by Gasteiger charge is 2.17. The second-order valence-electron chi connectivity index (χ2n) is 8.36. The van der Waals surface area contributed by atoms with E-state index in [1.807, 2.05) is 18.2 Å². The van der Waals surface area contributed by atoms with Gasteiger partial charge in [-0.05, 0) is 72.3 Å². The molecule has 1 N–H and O–H groups in total. The summed E-state index contributed by atoms with van der Waals surface area (Å²) in [5.74, 6) is 0.123. The van der Waals surface area contributed by atoms with E-state index in [2.05, 4.69) is 41.3 Å². The summed E-state index contributed by atoms with van der Waals surface area (Å²) in [5, 5.41) is 11.4. The SMILES string of the molecule is COc1cccc(CCN2CCCCC2)c1-c1cccc2c(CCC(=O)O)cccc12. The number of benzene rings is 3. The number of hydrogen-bond donors (Lipinski definition) is 1. The minimum absolute atomic E-state index is 0.138. The molecule has 31 heavy (non-hydrogen) atoms. The summed E-state index contributed by atoms with van der Waals surface area (Å²) in [7, 11) is 1.73. The normalized spacial score (nSPS) is 14.6. The molecule has 0 spiro atoms. The number of methoxy groups -OCH3 is 1. The molecular weight excluding hydrogens is 386 g/mol. The number of fused-ring (bicyclic) bond motifs is 1. The maximum Gasteiger partial charge on any atom is 0.303 e. The van der Waals surface area contributed by atoms with Gasteiger partial charge in [-0.15, -0.1) is 0 Å². The van der Waals surface area contributed by atoms with Crippen molar-refractivity contribution in [2.24, 2.45) is 0 Å². The molecule has 0 bridgehead atoms. The summed E-state index contributed by atoms with van der Waals surface area (Å²) in [6.45, 7) is 3.45. The Morgan fingerprint density at radius 1 is 0.903 bits per heavy atom. The fourth-order valence-corrected chi connectivity index (χ4v) is 4.77. The number of hydrogen-bond acceptors (Lipinski definition) is 3. The molecule has 1 fully saturated rings. The van der Waals surface area contributed by atoms with Gasteiger partial charge in [0.25, 0.3) is 0 Å². The number of carboxylic acid groups (broad SMARTS) is 1. The number of carbonyl (C=O) groups is 1. The zero-order valence-electron chi connectivity index (χ0n) is 18.3. The molecule has 1 heterocycles. The van der Waals surface area contributed by atoms with Crippen LogP contribution in [0.5, 0.6) is 5.75 Å². The van der Waals surface area contributed by atoms with E-state index in [1.165, 1.54) is 37.9 Å². The molecule has 0 atom stereocenters. The maximum absolute atomic E-state index is 11.1. The van der Waals surface area contributed by atoms with Gasteiger partial charge in [0.15, 0.2) is 0 Å². The van der Waals surface area contributed by atoms with Gasteiger partial charge in [-0.2, -0.15) is 0 Å². The average molecular weight is 418 g/mol. The van der Waals surface area contributed by atoms with E-state index in [0.29, 0.717) is 6.42 Å². The Morgan fingerprint density at radius 2 is 1.61 bits per heavy atom. The molecule has 1 aliphatic heterocycles. The Labute approximate surface area is 184 Å². The zero-order valence-corrected chi connectivity index (χ0v) is 18.3. The van der Waals surface area contributed by atoms with Crippen molar-refractivity contribution in [2.45, 2.75) is 38.5 Å². The maximum atomic E-state index is 11.1. The number of carboxylic acids is 1. The van der Waals surface area contributed by atoms with Crippen LogP contribution in [-0.2, 0) is 17.6 Å². The third-order valence-corrected chi connectivity index (χ3v) is 6.37. The highest BCUT2D eigenvalue weighted by molar-refractivity contribution is 6.00. The topological polar surface area (TPSA) is 49.8 Å². The molecule has 3 aromatic rings. The molecule has 0 unspecified atom stereocenters. The van der Waals surface area contributed by atoms with E-state index in [1.54, 1.807) is 7.11 Å². The van der Waals surface area contributed by atoms with Gasteiger partial charge in [-0.25, -0.2) is 0 Å². The molecule has 0 aromatic heterocycles. The minimum atomic E-state index is -0.766. The molecule has 1 aliphatic rings.